The smallest absolute Gasteiger partial charge is 0.0669 e. The molecule has 4 nitrogen and oxygen atoms in total. The first-order valence-electron chi connectivity index (χ1n) is 5.61. The summed E-state index contributed by atoms with van der Waals surface area (Å²) in [5.74, 6) is 0. The Balaban J connectivity index is 2.26. The monoisotopic (exact) mass is 217 g/mol. The topological polar surface area (TPSA) is 64.7 Å². The molecule has 3 unspecified atom stereocenters. The third-order valence-corrected chi connectivity index (χ3v) is 2.92. The average molecular weight is 217 g/mol. The highest BCUT2D eigenvalue weighted by Crippen LogP contribution is 2.23. The molecule has 0 spiro atoms. The normalized spacial score (nSPS) is 31.2. The van der Waals surface area contributed by atoms with Gasteiger partial charge in [-0.25, -0.2) is 0 Å². The van der Waals surface area contributed by atoms with Crippen molar-refractivity contribution in [3.8, 4) is 0 Å². The molecule has 0 aromatic rings. The summed E-state index contributed by atoms with van der Waals surface area (Å²) in [6, 6.07) is 0. The van der Waals surface area contributed by atoms with E-state index < -0.39 is 5.54 Å². The van der Waals surface area contributed by atoms with Gasteiger partial charge in [0.1, 0.15) is 0 Å². The van der Waals surface area contributed by atoms with Gasteiger partial charge in [-0.2, -0.15) is 0 Å². The fourth-order valence-corrected chi connectivity index (χ4v) is 1.82. The predicted octanol–water partition coefficient (Wildman–Crippen LogP) is 0.670. The zero-order valence-corrected chi connectivity index (χ0v) is 9.74. The summed E-state index contributed by atoms with van der Waals surface area (Å²) >= 11 is 0. The second kappa shape index (κ2) is 5.80. The lowest BCUT2D eigenvalue weighted by Crippen LogP contribution is -2.46. The molecule has 90 valence electrons. The van der Waals surface area contributed by atoms with Crippen molar-refractivity contribution < 1.29 is 14.6 Å². The molecule has 3 N–H and O–H groups in total. The molecule has 1 fully saturated rings. The van der Waals surface area contributed by atoms with Crippen LogP contribution in [0.3, 0.4) is 0 Å². The Labute approximate surface area is 91.7 Å². The van der Waals surface area contributed by atoms with Crippen LogP contribution in [0.4, 0.5) is 0 Å². The highest BCUT2D eigenvalue weighted by molar-refractivity contribution is 4.79. The van der Waals surface area contributed by atoms with Crippen molar-refractivity contribution in [2.75, 3.05) is 20.3 Å². The number of hydrogen-bond acceptors (Lipinski definition) is 4. The number of aliphatic hydroxyl groups excluding tert-OH is 1. The van der Waals surface area contributed by atoms with E-state index in [9.17, 15) is 0 Å². The number of ether oxygens (including phenoxy) is 2. The first-order valence-corrected chi connectivity index (χ1v) is 5.61. The van der Waals surface area contributed by atoms with Crippen LogP contribution in [0, 0.1) is 0 Å². The van der Waals surface area contributed by atoms with Crippen LogP contribution in [-0.2, 0) is 9.47 Å². The fourth-order valence-electron chi connectivity index (χ4n) is 1.82. The Kier molecular flexibility index (Phi) is 4.99. The number of aliphatic hydroxyl groups is 1. The van der Waals surface area contributed by atoms with Crippen LogP contribution in [0.5, 0.6) is 0 Å². The molecule has 1 aliphatic rings. The van der Waals surface area contributed by atoms with E-state index in [4.69, 9.17) is 20.3 Å². The molecule has 3 atom stereocenters. The van der Waals surface area contributed by atoms with Crippen LogP contribution in [0.25, 0.3) is 0 Å². The van der Waals surface area contributed by atoms with Crippen LogP contribution in [0.1, 0.15) is 32.6 Å². The maximum absolute atomic E-state index is 8.99. The maximum atomic E-state index is 8.99. The van der Waals surface area contributed by atoms with Gasteiger partial charge in [-0.15, -0.1) is 0 Å². The summed E-state index contributed by atoms with van der Waals surface area (Å²) in [6.45, 7) is 2.15. The Hall–Kier alpha value is -0.160. The zero-order chi connectivity index (χ0) is 11.3. The summed E-state index contributed by atoms with van der Waals surface area (Å²) in [6.07, 6.45) is 4.83. The highest BCUT2D eigenvalue weighted by Gasteiger charge is 2.25. The molecule has 0 bridgehead atoms. The van der Waals surface area contributed by atoms with Crippen molar-refractivity contribution in [2.24, 2.45) is 5.73 Å². The minimum Gasteiger partial charge on any atom is -0.394 e. The third kappa shape index (κ3) is 4.47. The molecule has 0 aliphatic heterocycles. The van der Waals surface area contributed by atoms with E-state index in [-0.39, 0.29) is 12.7 Å². The molecule has 0 radical (unpaired) electrons. The van der Waals surface area contributed by atoms with Gasteiger partial charge >= 0.3 is 0 Å². The lowest BCUT2D eigenvalue weighted by molar-refractivity contribution is -0.0478. The minimum atomic E-state index is -0.625. The van der Waals surface area contributed by atoms with Crippen molar-refractivity contribution in [3.05, 3.63) is 0 Å². The predicted molar refractivity (Wildman–Crippen MR) is 58.7 cm³/mol. The SMILES string of the molecule is COC1CCCC(OCC(C)(N)CO)C1. The largest absolute Gasteiger partial charge is 0.394 e. The molecule has 0 aromatic carbocycles. The zero-order valence-electron chi connectivity index (χ0n) is 9.74. The lowest BCUT2D eigenvalue weighted by Gasteiger charge is -2.31. The van der Waals surface area contributed by atoms with Crippen molar-refractivity contribution >= 4 is 0 Å². The molecule has 15 heavy (non-hydrogen) atoms. The van der Waals surface area contributed by atoms with E-state index in [1.54, 1.807) is 14.0 Å². The van der Waals surface area contributed by atoms with E-state index in [0.29, 0.717) is 12.7 Å². The van der Waals surface area contributed by atoms with E-state index in [1.807, 2.05) is 0 Å². The first-order chi connectivity index (χ1) is 7.07. The first kappa shape index (κ1) is 12.9. The second-order valence-electron chi connectivity index (χ2n) is 4.77. The number of nitrogens with two attached hydrogens (primary N) is 1. The van der Waals surface area contributed by atoms with Gasteiger partial charge in [-0.3, -0.25) is 0 Å². The fraction of sp³-hybridized carbons (Fsp3) is 1.00. The van der Waals surface area contributed by atoms with E-state index in [2.05, 4.69) is 0 Å². The summed E-state index contributed by atoms with van der Waals surface area (Å²) in [4.78, 5) is 0. The van der Waals surface area contributed by atoms with E-state index in [1.165, 1.54) is 0 Å². The molecular formula is C11H23NO3. The molecule has 1 saturated carbocycles. The molecule has 0 heterocycles. The van der Waals surface area contributed by atoms with Crippen LogP contribution in [-0.4, -0.2) is 43.2 Å². The Morgan fingerprint density at radius 2 is 2.07 bits per heavy atom. The summed E-state index contributed by atoms with van der Waals surface area (Å²) in [5.41, 5.74) is 5.17. The molecule has 4 heteroatoms. The summed E-state index contributed by atoms with van der Waals surface area (Å²) < 4.78 is 11.0. The minimum absolute atomic E-state index is 0.0482. The Morgan fingerprint density at radius 3 is 2.67 bits per heavy atom. The number of hydrogen-bond donors (Lipinski definition) is 2. The third-order valence-electron chi connectivity index (χ3n) is 2.92. The van der Waals surface area contributed by atoms with Gasteiger partial charge in [0.25, 0.3) is 0 Å². The number of rotatable bonds is 5. The van der Waals surface area contributed by atoms with Gasteiger partial charge in [0, 0.05) is 7.11 Å². The van der Waals surface area contributed by atoms with Crippen molar-refractivity contribution in [1.82, 2.24) is 0 Å². The van der Waals surface area contributed by atoms with Gasteiger partial charge < -0.3 is 20.3 Å². The molecular weight excluding hydrogens is 194 g/mol. The van der Waals surface area contributed by atoms with E-state index >= 15 is 0 Å². The van der Waals surface area contributed by atoms with Crippen LogP contribution in [0.2, 0.25) is 0 Å². The molecule has 0 amide bonds. The van der Waals surface area contributed by atoms with Gasteiger partial charge in [0.05, 0.1) is 31.0 Å². The number of methoxy groups -OCH3 is 1. The standard InChI is InChI=1S/C11H23NO3/c1-11(12,7-13)8-15-10-5-3-4-9(6-10)14-2/h9-10,13H,3-8,12H2,1-2H3. The molecule has 0 aromatic heterocycles. The summed E-state index contributed by atoms with van der Waals surface area (Å²) in [7, 11) is 1.74. The highest BCUT2D eigenvalue weighted by atomic mass is 16.5. The van der Waals surface area contributed by atoms with Crippen LogP contribution < -0.4 is 5.73 Å². The van der Waals surface area contributed by atoms with Crippen molar-refractivity contribution in [3.63, 3.8) is 0 Å². The Bertz CT molecular complexity index is 185. The van der Waals surface area contributed by atoms with Gasteiger partial charge in [-0.05, 0) is 32.6 Å². The molecule has 0 saturated heterocycles. The quantitative estimate of drug-likeness (QED) is 0.710. The maximum Gasteiger partial charge on any atom is 0.0669 e. The molecule has 1 rings (SSSR count). The molecule has 1 aliphatic carbocycles. The average Bonchev–Trinajstić information content (AvgIpc) is 2.27. The van der Waals surface area contributed by atoms with E-state index in [0.717, 1.165) is 25.7 Å². The Morgan fingerprint density at radius 1 is 1.40 bits per heavy atom. The van der Waals surface area contributed by atoms with Crippen LogP contribution >= 0.6 is 0 Å². The van der Waals surface area contributed by atoms with Gasteiger partial charge in [0.2, 0.25) is 0 Å². The van der Waals surface area contributed by atoms with Gasteiger partial charge in [0.15, 0.2) is 0 Å². The van der Waals surface area contributed by atoms with Crippen molar-refractivity contribution in [2.45, 2.75) is 50.4 Å². The van der Waals surface area contributed by atoms with Crippen molar-refractivity contribution in [1.29, 1.82) is 0 Å². The lowest BCUT2D eigenvalue weighted by atomic mass is 9.94. The summed E-state index contributed by atoms with van der Waals surface area (Å²) in [5, 5.41) is 8.99. The van der Waals surface area contributed by atoms with Crippen LogP contribution in [0.15, 0.2) is 0 Å². The van der Waals surface area contributed by atoms with Gasteiger partial charge in [-0.1, -0.05) is 0 Å². The second-order valence-corrected chi connectivity index (χ2v) is 4.77.